The van der Waals surface area contributed by atoms with E-state index in [1.807, 2.05) is 5.38 Å². The average molecular weight is 311 g/mol. The largest absolute Gasteiger partial charge is 0.381 e. The number of ether oxygens (including phenoxy) is 1. The zero-order valence-electron chi connectivity index (χ0n) is 12.1. The van der Waals surface area contributed by atoms with Gasteiger partial charge in [0.25, 0.3) is 0 Å². The lowest BCUT2D eigenvalue weighted by Gasteiger charge is -2.33. The lowest BCUT2D eigenvalue weighted by molar-refractivity contribution is -0.383. The van der Waals surface area contributed by atoms with Crippen molar-refractivity contribution in [2.45, 2.75) is 25.3 Å². The van der Waals surface area contributed by atoms with Gasteiger partial charge in [-0.2, -0.15) is 0 Å². The summed E-state index contributed by atoms with van der Waals surface area (Å²) >= 11 is 1.48. The molecule has 0 atom stereocenters. The highest BCUT2D eigenvalue weighted by molar-refractivity contribution is 7.14. The lowest BCUT2D eigenvalue weighted by Crippen LogP contribution is -2.41. The van der Waals surface area contributed by atoms with Crippen LogP contribution in [0.2, 0.25) is 0 Å². The molecule has 116 valence electrons. The van der Waals surface area contributed by atoms with E-state index < -0.39 is 0 Å². The number of hydrogen-bond acceptors (Lipinski definition) is 6. The van der Waals surface area contributed by atoms with Gasteiger partial charge in [0.1, 0.15) is 0 Å². The van der Waals surface area contributed by atoms with Crippen molar-refractivity contribution in [3.63, 3.8) is 0 Å². The SMILES string of the molecule is O=[N+]([O-])c1ccsc1N1CCCN(C2CCOCC2)CC1. The molecule has 6 nitrogen and oxygen atoms in total. The van der Waals surface area contributed by atoms with Crippen LogP contribution in [0, 0.1) is 10.1 Å². The first-order valence-electron chi connectivity index (χ1n) is 7.54. The van der Waals surface area contributed by atoms with E-state index >= 15 is 0 Å². The van der Waals surface area contributed by atoms with Crippen LogP contribution in [-0.4, -0.2) is 55.3 Å². The zero-order chi connectivity index (χ0) is 14.7. The van der Waals surface area contributed by atoms with Gasteiger partial charge in [0.15, 0.2) is 5.00 Å². The molecule has 3 heterocycles. The van der Waals surface area contributed by atoms with Gasteiger partial charge in [-0.3, -0.25) is 15.0 Å². The molecule has 2 saturated heterocycles. The van der Waals surface area contributed by atoms with Gasteiger partial charge in [0.2, 0.25) is 0 Å². The Hall–Kier alpha value is -1.18. The van der Waals surface area contributed by atoms with Crippen LogP contribution in [0.3, 0.4) is 0 Å². The number of rotatable bonds is 3. The molecule has 1 aromatic heterocycles. The van der Waals surface area contributed by atoms with Crippen LogP contribution in [0.25, 0.3) is 0 Å². The van der Waals surface area contributed by atoms with Crippen molar-refractivity contribution in [3.05, 3.63) is 21.6 Å². The molecule has 0 amide bonds. The molecule has 21 heavy (non-hydrogen) atoms. The number of nitrogens with zero attached hydrogens (tertiary/aromatic N) is 3. The van der Waals surface area contributed by atoms with E-state index in [4.69, 9.17) is 4.74 Å². The van der Waals surface area contributed by atoms with Gasteiger partial charge in [0.05, 0.1) is 4.92 Å². The summed E-state index contributed by atoms with van der Waals surface area (Å²) in [6.45, 7) is 5.57. The second kappa shape index (κ2) is 6.72. The second-order valence-corrected chi connectivity index (χ2v) is 6.48. The fourth-order valence-corrected chi connectivity index (χ4v) is 4.15. The maximum absolute atomic E-state index is 11.1. The van der Waals surface area contributed by atoms with Crippen LogP contribution >= 0.6 is 11.3 Å². The van der Waals surface area contributed by atoms with Crippen molar-refractivity contribution in [3.8, 4) is 0 Å². The molecule has 0 aromatic carbocycles. The summed E-state index contributed by atoms with van der Waals surface area (Å²) in [4.78, 5) is 15.5. The summed E-state index contributed by atoms with van der Waals surface area (Å²) < 4.78 is 5.43. The third kappa shape index (κ3) is 3.36. The summed E-state index contributed by atoms with van der Waals surface area (Å²) in [6.07, 6.45) is 3.28. The zero-order valence-corrected chi connectivity index (χ0v) is 12.9. The predicted molar refractivity (Wildman–Crippen MR) is 83.2 cm³/mol. The van der Waals surface area contributed by atoms with E-state index in [1.54, 1.807) is 6.07 Å². The van der Waals surface area contributed by atoms with Gasteiger partial charge in [-0.25, -0.2) is 0 Å². The molecule has 7 heteroatoms. The Morgan fingerprint density at radius 2 is 2.05 bits per heavy atom. The Morgan fingerprint density at radius 1 is 1.24 bits per heavy atom. The van der Waals surface area contributed by atoms with E-state index in [-0.39, 0.29) is 10.6 Å². The summed E-state index contributed by atoms with van der Waals surface area (Å²) in [6, 6.07) is 2.23. The molecular weight excluding hydrogens is 290 g/mol. The van der Waals surface area contributed by atoms with E-state index in [1.165, 1.54) is 11.3 Å². The standard InChI is InChI=1S/C14H21N3O3S/c18-17(19)13-4-11-21-14(13)16-6-1-5-15(7-8-16)12-2-9-20-10-3-12/h4,11-12H,1-3,5-10H2. The molecule has 2 aliphatic heterocycles. The number of anilines is 1. The lowest BCUT2D eigenvalue weighted by atomic mass is 10.1. The third-order valence-corrected chi connectivity index (χ3v) is 5.31. The molecule has 2 fully saturated rings. The summed E-state index contributed by atoms with van der Waals surface area (Å²) in [7, 11) is 0. The summed E-state index contributed by atoms with van der Waals surface area (Å²) in [5.74, 6) is 0. The van der Waals surface area contributed by atoms with E-state index in [0.29, 0.717) is 6.04 Å². The van der Waals surface area contributed by atoms with E-state index in [9.17, 15) is 10.1 Å². The molecule has 0 saturated carbocycles. The van der Waals surface area contributed by atoms with Crippen molar-refractivity contribution < 1.29 is 9.66 Å². The maximum atomic E-state index is 11.1. The minimum absolute atomic E-state index is 0.250. The highest BCUT2D eigenvalue weighted by Crippen LogP contribution is 2.34. The van der Waals surface area contributed by atoms with Gasteiger partial charge in [0, 0.05) is 51.5 Å². The quantitative estimate of drug-likeness (QED) is 0.633. The van der Waals surface area contributed by atoms with Crippen LogP contribution in [0.1, 0.15) is 19.3 Å². The molecule has 2 aliphatic rings. The Kier molecular flexibility index (Phi) is 4.72. The molecule has 0 bridgehead atoms. The van der Waals surface area contributed by atoms with Crippen LogP contribution < -0.4 is 4.90 Å². The molecule has 0 N–H and O–H groups in total. The summed E-state index contributed by atoms with van der Waals surface area (Å²) in [5.41, 5.74) is 0.250. The molecule has 3 rings (SSSR count). The monoisotopic (exact) mass is 311 g/mol. The van der Waals surface area contributed by atoms with Crippen molar-refractivity contribution in [2.75, 3.05) is 44.3 Å². The van der Waals surface area contributed by atoms with E-state index in [2.05, 4.69) is 9.80 Å². The molecular formula is C14H21N3O3S. The van der Waals surface area contributed by atoms with Crippen LogP contribution in [0.15, 0.2) is 11.4 Å². The van der Waals surface area contributed by atoms with Gasteiger partial charge < -0.3 is 9.64 Å². The van der Waals surface area contributed by atoms with Crippen molar-refractivity contribution in [1.82, 2.24) is 4.90 Å². The topological polar surface area (TPSA) is 58.9 Å². The normalized spacial score (nSPS) is 22.2. The highest BCUT2D eigenvalue weighted by Gasteiger charge is 2.27. The maximum Gasteiger partial charge on any atom is 0.303 e. The first-order valence-corrected chi connectivity index (χ1v) is 8.42. The smallest absolute Gasteiger partial charge is 0.303 e. The Balaban J connectivity index is 1.65. The fourth-order valence-electron chi connectivity index (χ4n) is 3.23. The first kappa shape index (κ1) is 14.7. The Morgan fingerprint density at radius 3 is 2.81 bits per heavy atom. The van der Waals surface area contributed by atoms with Crippen molar-refractivity contribution in [1.29, 1.82) is 0 Å². The number of hydrogen-bond donors (Lipinski definition) is 0. The second-order valence-electron chi connectivity index (χ2n) is 5.59. The fraction of sp³-hybridized carbons (Fsp3) is 0.714. The van der Waals surface area contributed by atoms with Gasteiger partial charge in [-0.05, 0) is 24.6 Å². The highest BCUT2D eigenvalue weighted by atomic mass is 32.1. The molecule has 0 aliphatic carbocycles. The molecule has 1 aromatic rings. The van der Waals surface area contributed by atoms with Gasteiger partial charge >= 0.3 is 5.69 Å². The molecule has 0 spiro atoms. The van der Waals surface area contributed by atoms with Gasteiger partial charge in [-0.15, -0.1) is 11.3 Å². The summed E-state index contributed by atoms with van der Waals surface area (Å²) in [5, 5.41) is 13.7. The predicted octanol–water partition coefficient (Wildman–Crippen LogP) is 2.35. The minimum atomic E-state index is -0.271. The van der Waals surface area contributed by atoms with Crippen molar-refractivity contribution >= 4 is 22.0 Å². The van der Waals surface area contributed by atoms with Crippen molar-refractivity contribution in [2.24, 2.45) is 0 Å². The van der Waals surface area contributed by atoms with Crippen LogP contribution in [-0.2, 0) is 4.74 Å². The Labute approximate surface area is 128 Å². The third-order valence-electron chi connectivity index (χ3n) is 4.35. The first-order chi connectivity index (χ1) is 10.3. The molecule has 0 radical (unpaired) electrons. The molecule has 0 unspecified atom stereocenters. The van der Waals surface area contributed by atoms with Gasteiger partial charge in [-0.1, -0.05) is 0 Å². The van der Waals surface area contributed by atoms with Crippen LogP contribution in [0.4, 0.5) is 10.7 Å². The number of nitro groups is 1. The van der Waals surface area contributed by atoms with Crippen LogP contribution in [0.5, 0.6) is 0 Å². The average Bonchev–Trinajstić information content (AvgIpc) is 2.87. The van der Waals surface area contributed by atoms with E-state index in [0.717, 1.165) is 63.7 Å². The minimum Gasteiger partial charge on any atom is -0.381 e. The Bertz CT molecular complexity index is 488. The number of thiophene rings is 1.